The number of methoxy groups -OCH3 is 1. The van der Waals surface area contributed by atoms with Crippen molar-refractivity contribution in [1.82, 2.24) is 19.6 Å². The lowest BCUT2D eigenvalue weighted by molar-refractivity contribution is -0.137. The van der Waals surface area contributed by atoms with Gasteiger partial charge < -0.3 is 25.2 Å². The predicted molar refractivity (Wildman–Crippen MR) is 142 cm³/mol. The van der Waals surface area contributed by atoms with Gasteiger partial charge in [0.05, 0.1) is 5.54 Å². The van der Waals surface area contributed by atoms with Gasteiger partial charge in [-0.2, -0.15) is 0 Å². The molecule has 2 heterocycles. The molecule has 37 heavy (non-hydrogen) atoms. The molecule has 4 rings (SSSR count). The normalized spacial score (nSPS) is 28.1. The molecule has 2 aliphatic heterocycles. The van der Waals surface area contributed by atoms with Crippen LogP contribution in [0.4, 0.5) is 4.79 Å². The molecule has 1 atom stereocenters. The van der Waals surface area contributed by atoms with Gasteiger partial charge in [-0.25, -0.2) is 4.79 Å². The average molecular weight is 514 g/mol. The largest absolute Gasteiger partial charge is 0.385 e. The smallest absolute Gasteiger partial charge is 0.320 e. The molecule has 0 bridgehead atoms. The molecule has 0 unspecified atom stereocenters. The molecule has 9 heteroatoms. The fourth-order valence-electron chi connectivity index (χ4n) is 6.79. The Labute approximate surface area is 220 Å². The minimum Gasteiger partial charge on any atom is -0.385 e. The highest BCUT2D eigenvalue weighted by molar-refractivity contribution is 5.87. The number of ether oxygens (including phenoxy) is 1. The molecule has 1 aliphatic carbocycles. The van der Waals surface area contributed by atoms with Crippen molar-refractivity contribution < 1.29 is 19.1 Å². The maximum atomic E-state index is 13.6. The Morgan fingerprint density at radius 1 is 1.11 bits per heavy atom. The van der Waals surface area contributed by atoms with E-state index in [-0.39, 0.29) is 29.4 Å². The van der Waals surface area contributed by atoms with E-state index in [0.29, 0.717) is 39.2 Å². The average Bonchev–Trinajstić information content (AvgIpc) is 3.48. The van der Waals surface area contributed by atoms with E-state index in [0.717, 1.165) is 38.5 Å². The van der Waals surface area contributed by atoms with Crippen molar-refractivity contribution >= 4 is 17.8 Å². The van der Waals surface area contributed by atoms with Crippen LogP contribution in [0.1, 0.15) is 56.9 Å². The first-order valence-electron chi connectivity index (χ1n) is 13.6. The second-order valence-electron chi connectivity index (χ2n) is 11.1. The first kappa shape index (κ1) is 27.4. The van der Waals surface area contributed by atoms with Gasteiger partial charge in [-0.15, -0.1) is 0 Å². The number of likely N-dealkylation sites (tertiary alicyclic amines) is 1. The lowest BCUT2D eigenvalue weighted by Crippen LogP contribution is -2.55. The van der Waals surface area contributed by atoms with E-state index >= 15 is 0 Å². The molecule has 1 aromatic rings. The maximum absolute atomic E-state index is 13.6. The molecule has 2 N–H and O–H groups in total. The van der Waals surface area contributed by atoms with Gasteiger partial charge in [-0.05, 0) is 64.6 Å². The van der Waals surface area contributed by atoms with Crippen molar-refractivity contribution in [3.63, 3.8) is 0 Å². The van der Waals surface area contributed by atoms with Gasteiger partial charge in [0.2, 0.25) is 11.8 Å². The summed E-state index contributed by atoms with van der Waals surface area (Å²) < 4.78 is 5.28. The highest BCUT2D eigenvalue weighted by atomic mass is 16.5. The summed E-state index contributed by atoms with van der Waals surface area (Å²) in [6.07, 6.45) is 6.12. The fourth-order valence-corrected chi connectivity index (χ4v) is 6.79. The zero-order valence-electron chi connectivity index (χ0n) is 22.7. The molecule has 0 radical (unpaired) electrons. The SMILES string of the molecule is COCCCN1C(=O)N(CCC(=O)N2CCC[C@@H]2C(N)=O)C[C@]12CC[C@@](c1ccccc1)(N(C)C)CC2. The van der Waals surface area contributed by atoms with Gasteiger partial charge in [0, 0.05) is 51.9 Å². The van der Waals surface area contributed by atoms with E-state index in [9.17, 15) is 14.4 Å². The minimum atomic E-state index is -0.519. The number of rotatable bonds is 10. The van der Waals surface area contributed by atoms with Crippen LogP contribution in [-0.2, 0) is 19.9 Å². The van der Waals surface area contributed by atoms with E-state index < -0.39 is 11.9 Å². The third-order valence-corrected chi connectivity index (χ3v) is 8.96. The van der Waals surface area contributed by atoms with Gasteiger partial charge in [0.25, 0.3) is 0 Å². The molecule has 1 spiro atoms. The summed E-state index contributed by atoms with van der Waals surface area (Å²) in [5.74, 6) is -0.545. The standard InChI is InChI=1S/C28H43N5O4/c1-30(2)28(22-9-5-4-6-10-22)15-13-27(14-16-28)21-31(26(36)33(27)18-8-20-37-3)19-12-24(34)32-17-7-11-23(32)25(29)35/h4-6,9-10,23H,7-8,11-21H2,1-3H3,(H2,29,35)/t23-,27-,28-/m1/s1. The summed E-state index contributed by atoms with van der Waals surface area (Å²) in [4.78, 5) is 46.2. The number of urea groups is 1. The summed E-state index contributed by atoms with van der Waals surface area (Å²) >= 11 is 0. The molecule has 204 valence electrons. The van der Waals surface area contributed by atoms with Crippen LogP contribution in [0.2, 0.25) is 0 Å². The lowest BCUT2D eigenvalue weighted by atomic mass is 9.68. The number of benzene rings is 1. The van der Waals surface area contributed by atoms with Crippen LogP contribution in [0.5, 0.6) is 0 Å². The molecular formula is C28H43N5O4. The quantitative estimate of drug-likeness (QED) is 0.485. The summed E-state index contributed by atoms with van der Waals surface area (Å²) in [5.41, 5.74) is 6.52. The van der Waals surface area contributed by atoms with Crippen molar-refractivity contribution in [2.24, 2.45) is 5.73 Å². The van der Waals surface area contributed by atoms with Gasteiger partial charge in [0.15, 0.2) is 0 Å². The van der Waals surface area contributed by atoms with Crippen molar-refractivity contribution in [2.75, 3.05) is 54.0 Å². The van der Waals surface area contributed by atoms with Gasteiger partial charge in [-0.1, -0.05) is 30.3 Å². The van der Waals surface area contributed by atoms with E-state index in [1.165, 1.54) is 5.56 Å². The molecule has 9 nitrogen and oxygen atoms in total. The van der Waals surface area contributed by atoms with Crippen LogP contribution in [0, 0.1) is 0 Å². The molecule has 1 saturated carbocycles. The predicted octanol–water partition coefficient (Wildman–Crippen LogP) is 2.40. The number of carbonyl (C=O) groups is 3. The number of nitrogens with zero attached hydrogens (tertiary/aromatic N) is 4. The monoisotopic (exact) mass is 513 g/mol. The van der Waals surface area contributed by atoms with E-state index in [1.54, 1.807) is 12.0 Å². The van der Waals surface area contributed by atoms with Crippen LogP contribution >= 0.6 is 0 Å². The van der Waals surface area contributed by atoms with E-state index in [4.69, 9.17) is 10.5 Å². The Kier molecular flexibility index (Phi) is 8.43. The number of primary amides is 1. The van der Waals surface area contributed by atoms with Crippen molar-refractivity contribution in [2.45, 2.75) is 68.5 Å². The first-order valence-corrected chi connectivity index (χ1v) is 13.6. The lowest BCUT2D eigenvalue weighted by Gasteiger charge is -2.51. The fraction of sp³-hybridized carbons (Fsp3) is 0.679. The topological polar surface area (TPSA) is 99.4 Å². The number of hydrogen-bond donors (Lipinski definition) is 1. The Morgan fingerprint density at radius 2 is 1.81 bits per heavy atom. The summed E-state index contributed by atoms with van der Waals surface area (Å²) in [6, 6.07) is 10.2. The molecule has 4 amide bonds. The first-order chi connectivity index (χ1) is 17.7. The van der Waals surface area contributed by atoms with Crippen molar-refractivity contribution in [3.8, 4) is 0 Å². The van der Waals surface area contributed by atoms with Crippen LogP contribution in [-0.4, -0.2) is 103 Å². The van der Waals surface area contributed by atoms with Gasteiger partial charge in [-0.3, -0.25) is 14.5 Å². The Hall–Kier alpha value is -2.65. The zero-order valence-corrected chi connectivity index (χ0v) is 22.7. The second kappa shape index (κ2) is 11.4. The van der Waals surface area contributed by atoms with Crippen molar-refractivity contribution in [1.29, 1.82) is 0 Å². The summed E-state index contributed by atoms with van der Waals surface area (Å²) in [6.45, 7) is 2.80. The number of hydrogen-bond acceptors (Lipinski definition) is 5. The van der Waals surface area contributed by atoms with Gasteiger partial charge in [0.1, 0.15) is 6.04 Å². The summed E-state index contributed by atoms with van der Waals surface area (Å²) in [7, 11) is 5.98. The summed E-state index contributed by atoms with van der Waals surface area (Å²) in [5, 5.41) is 0. The molecule has 3 fully saturated rings. The van der Waals surface area contributed by atoms with E-state index in [2.05, 4.69) is 54.2 Å². The minimum absolute atomic E-state index is 0.00819. The number of nitrogens with two attached hydrogens (primary N) is 1. The molecule has 1 aromatic carbocycles. The Morgan fingerprint density at radius 3 is 2.43 bits per heavy atom. The highest BCUT2D eigenvalue weighted by Gasteiger charge is 2.54. The highest BCUT2D eigenvalue weighted by Crippen LogP contribution is 2.49. The Bertz CT molecular complexity index is 961. The maximum Gasteiger partial charge on any atom is 0.320 e. The van der Waals surface area contributed by atoms with Crippen molar-refractivity contribution in [3.05, 3.63) is 35.9 Å². The Balaban J connectivity index is 1.48. The van der Waals surface area contributed by atoms with Gasteiger partial charge >= 0.3 is 6.03 Å². The second-order valence-corrected chi connectivity index (χ2v) is 11.1. The number of carbonyl (C=O) groups excluding carboxylic acids is 3. The third-order valence-electron chi connectivity index (χ3n) is 8.96. The van der Waals surface area contributed by atoms with Crippen LogP contribution < -0.4 is 5.73 Å². The van der Waals surface area contributed by atoms with Crippen LogP contribution in [0.25, 0.3) is 0 Å². The van der Waals surface area contributed by atoms with E-state index in [1.807, 2.05) is 4.90 Å². The molecule has 0 aromatic heterocycles. The third kappa shape index (κ3) is 5.34. The van der Waals surface area contributed by atoms with Crippen LogP contribution in [0.15, 0.2) is 30.3 Å². The molecule has 3 aliphatic rings. The molecular weight excluding hydrogens is 470 g/mol. The number of amides is 4. The zero-order chi connectivity index (χ0) is 26.6. The molecule has 2 saturated heterocycles. The van der Waals surface area contributed by atoms with Crippen LogP contribution in [0.3, 0.4) is 0 Å².